The zero-order valence-corrected chi connectivity index (χ0v) is 18.5. The lowest BCUT2D eigenvalue weighted by molar-refractivity contribution is 0.0938. The molecule has 1 aliphatic carbocycles. The summed E-state index contributed by atoms with van der Waals surface area (Å²) >= 11 is 1.30. The number of benzene rings is 1. The van der Waals surface area contributed by atoms with Crippen molar-refractivity contribution in [2.75, 3.05) is 5.73 Å². The van der Waals surface area contributed by atoms with Crippen molar-refractivity contribution in [3.8, 4) is 11.1 Å². The number of amides is 2. The predicted molar refractivity (Wildman–Crippen MR) is 123 cm³/mol. The maximum atomic E-state index is 13.2. The van der Waals surface area contributed by atoms with E-state index >= 15 is 0 Å². The second-order valence-corrected chi connectivity index (χ2v) is 8.99. The van der Waals surface area contributed by atoms with Crippen molar-refractivity contribution >= 4 is 34.7 Å². The number of pyridine rings is 1. The zero-order valence-electron chi connectivity index (χ0n) is 17.7. The Morgan fingerprint density at radius 3 is 2.67 bits per heavy atom. The minimum Gasteiger partial charge on any atom is -0.366 e. The fourth-order valence-corrected chi connectivity index (χ4v) is 4.35. The van der Waals surface area contributed by atoms with Crippen molar-refractivity contribution < 1.29 is 14.0 Å². The number of carbonyl (C=O) groups excluding carboxylic acids is 2. The second-order valence-electron chi connectivity index (χ2n) is 8.07. The molecule has 0 radical (unpaired) electrons. The Balaban J connectivity index is 1.40. The highest BCUT2D eigenvalue weighted by molar-refractivity contribution is 7.12. The van der Waals surface area contributed by atoms with Crippen LogP contribution in [0.2, 0.25) is 0 Å². The Hall–Kier alpha value is -3.79. The third kappa shape index (κ3) is 4.42. The van der Waals surface area contributed by atoms with E-state index in [0.717, 1.165) is 29.5 Å². The monoisotopic (exact) mass is 464 g/mol. The normalized spacial score (nSPS) is 14.2. The van der Waals surface area contributed by atoms with Crippen molar-refractivity contribution in [1.29, 1.82) is 0 Å². The molecule has 10 heteroatoms. The van der Waals surface area contributed by atoms with Gasteiger partial charge < -0.3 is 16.4 Å². The average Bonchev–Trinajstić information content (AvgIpc) is 3.31. The Morgan fingerprint density at radius 1 is 1.18 bits per heavy atom. The van der Waals surface area contributed by atoms with E-state index in [2.05, 4.69) is 20.7 Å². The Kier molecular flexibility index (Phi) is 5.29. The molecule has 1 aromatic carbocycles. The van der Waals surface area contributed by atoms with Gasteiger partial charge in [-0.3, -0.25) is 9.59 Å². The van der Waals surface area contributed by atoms with Crippen LogP contribution in [0.5, 0.6) is 0 Å². The summed E-state index contributed by atoms with van der Waals surface area (Å²) in [5, 5.41) is 11.9. The van der Waals surface area contributed by atoms with Gasteiger partial charge in [-0.05, 0) is 60.5 Å². The van der Waals surface area contributed by atoms with E-state index in [1.54, 1.807) is 30.5 Å². The Bertz CT molecular complexity index is 1360. The molecule has 1 aliphatic rings. The molecule has 0 aliphatic heterocycles. The van der Waals surface area contributed by atoms with Gasteiger partial charge in [0.25, 0.3) is 11.8 Å². The number of halogens is 1. The van der Waals surface area contributed by atoms with Gasteiger partial charge in [0, 0.05) is 17.8 Å². The second kappa shape index (κ2) is 8.28. The van der Waals surface area contributed by atoms with Crippen LogP contribution in [0.4, 0.5) is 10.3 Å². The summed E-state index contributed by atoms with van der Waals surface area (Å²) in [6, 6.07) is 9.45. The molecule has 3 heterocycles. The lowest BCUT2D eigenvalue weighted by atomic mass is 10.1. The van der Waals surface area contributed by atoms with Crippen molar-refractivity contribution in [3.63, 3.8) is 0 Å². The largest absolute Gasteiger partial charge is 0.366 e. The lowest BCUT2D eigenvalue weighted by Gasteiger charge is -2.13. The zero-order chi connectivity index (χ0) is 23.1. The van der Waals surface area contributed by atoms with E-state index in [1.165, 1.54) is 28.0 Å². The van der Waals surface area contributed by atoms with Crippen molar-refractivity contribution in [2.24, 2.45) is 0 Å². The molecule has 4 N–H and O–H groups in total. The summed E-state index contributed by atoms with van der Waals surface area (Å²) in [6.07, 6.45) is 3.67. The molecule has 1 atom stereocenters. The van der Waals surface area contributed by atoms with Crippen LogP contribution in [0, 0.1) is 5.82 Å². The molecule has 4 aromatic rings. The number of aromatic nitrogens is 3. The smallest absolute Gasteiger partial charge is 0.261 e. The summed E-state index contributed by atoms with van der Waals surface area (Å²) in [6.45, 7) is 1.84. The number of hydrogen-bond acceptors (Lipinski definition) is 6. The highest BCUT2D eigenvalue weighted by Gasteiger charge is 2.26. The maximum absolute atomic E-state index is 13.2. The molecule has 8 nitrogen and oxygen atoms in total. The molecule has 33 heavy (non-hydrogen) atoms. The number of nitrogens with two attached hydrogens (primary N) is 1. The number of nitrogen functional groups attached to an aromatic ring is 1. The summed E-state index contributed by atoms with van der Waals surface area (Å²) in [7, 11) is 0. The van der Waals surface area contributed by atoms with Crippen LogP contribution in [0.15, 0.2) is 48.0 Å². The summed E-state index contributed by atoms with van der Waals surface area (Å²) in [4.78, 5) is 30.2. The fraction of sp³-hybridized carbons (Fsp3) is 0.217. The third-order valence-electron chi connectivity index (χ3n) is 5.48. The summed E-state index contributed by atoms with van der Waals surface area (Å²) in [5.41, 5.74) is 8.83. The van der Waals surface area contributed by atoms with Crippen LogP contribution in [0.25, 0.3) is 16.8 Å². The standard InChI is InChI=1S/C23H21FN6O2S/c1-12(13-2-4-16(24)5-3-13)26-22(32)19-9-15(11-33-19)14-8-18(21(31)27-17-6-7-17)20-28-23(25)29-30(20)10-14/h2-5,8-12,17H,6-7H2,1H3,(H2,25,29)(H,26,32)(H,27,31)/t12-/m0/s1. The molecular formula is C23H21FN6O2S. The van der Waals surface area contributed by atoms with Crippen LogP contribution in [-0.4, -0.2) is 32.5 Å². The molecule has 0 saturated heterocycles. The van der Waals surface area contributed by atoms with Crippen LogP contribution >= 0.6 is 11.3 Å². The van der Waals surface area contributed by atoms with Gasteiger partial charge in [0.1, 0.15) is 5.82 Å². The lowest BCUT2D eigenvalue weighted by Crippen LogP contribution is -2.26. The molecule has 3 aromatic heterocycles. The first-order valence-electron chi connectivity index (χ1n) is 10.5. The highest BCUT2D eigenvalue weighted by Crippen LogP contribution is 2.29. The first-order valence-corrected chi connectivity index (χ1v) is 11.4. The number of fused-ring (bicyclic) bond motifs is 1. The number of hydrogen-bond donors (Lipinski definition) is 3. The average molecular weight is 465 g/mol. The van der Waals surface area contributed by atoms with E-state index in [-0.39, 0.29) is 35.7 Å². The molecule has 1 saturated carbocycles. The number of thiophene rings is 1. The van der Waals surface area contributed by atoms with Gasteiger partial charge in [0.05, 0.1) is 16.5 Å². The minimum absolute atomic E-state index is 0.0767. The number of carbonyl (C=O) groups is 2. The molecule has 0 spiro atoms. The number of rotatable bonds is 6. The highest BCUT2D eigenvalue weighted by atomic mass is 32.1. The topological polar surface area (TPSA) is 114 Å². The van der Waals surface area contributed by atoms with Crippen LogP contribution < -0.4 is 16.4 Å². The van der Waals surface area contributed by atoms with Crippen LogP contribution in [0.3, 0.4) is 0 Å². The third-order valence-corrected chi connectivity index (χ3v) is 6.41. The minimum atomic E-state index is -0.323. The molecule has 168 valence electrons. The molecule has 2 amide bonds. The van der Waals surface area contributed by atoms with E-state index < -0.39 is 0 Å². The first-order chi connectivity index (χ1) is 15.9. The SMILES string of the molecule is C[C@H](NC(=O)c1cc(-c2cc(C(=O)NC3CC3)c3nc(N)nn3c2)cs1)c1ccc(F)cc1. The van der Waals surface area contributed by atoms with Gasteiger partial charge in [0.2, 0.25) is 5.95 Å². The van der Waals surface area contributed by atoms with E-state index in [4.69, 9.17) is 5.73 Å². The van der Waals surface area contributed by atoms with Gasteiger partial charge in [-0.25, -0.2) is 8.91 Å². The van der Waals surface area contributed by atoms with Gasteiger partial charge in [-0.2, -0.15) is 4.98 Å². The van der Waals surface area contributed by atoms with Crippen LogP contribution in [-0.2, 0) is 0 Å². The van der Waals surface area contributed by atoms with Gasteiger partial charge >= 0.3 is 0 Å². The molecular weight excluding hydrogens is 443 g/mol. The van der Waals surface area contributed by atoms with Crippen molar-refractivity contribution in [1.82, 2.24) is 25.2 Å². The van der Waals surface area contributed by atoms with Crippen LogP contribution in [0.1, 0.15) is 51.4 Å². The molecule has 5 rings (SSSR count). The first kappa shape index (κ1) is 21.1. The van der Waals surface area contributed by atoms with Gasteiger partial charge in [0.15, 0.2) is 5.65 Å². The Morgan fingerprint density at radius 2 is 1.94 bits per heavy atom. The summed E-state index contributed by atoms with van der Waals surface area (Å²) < 4.78 is 14.6. The maximum Gasteiger partial charge on any atom is 0.261 e. The van der Waals surface area contributed by atoms with Gasteiger partial charge in [-0.15, -0.1) is 16.4 Å². The van der Waals surface area contributed by atoms with Crippen molar-refractivity contribution in [3.05, 3.63) is 69.8 Å². The predicted octanol–water partition coefficient (Wildman–Crippen LogP) is 3.56. The molecule has 0 unspecified atom stereocenters. The number of anilines is 1. The fourth-order valence-electron chi connectivity index (χ4n) is 3.53. The van der Waals surface area contributed by atoms with Crippen molar-refractivity contribution in [2.45, 2.75) is 31.8 Å². The van der Waals surface area contributed by atoms with E-state index in [9.17, 15) is 14.0 Å². The Labute approximate surface area is 192 Å². The molecule has 1 fully saturated rings. The number of nitrogens with one attached hydrogen (secondary N) is 2. The van der Waals surface area contributed by atoms with E-state index in [0.29, 0.717) is 16.1 Å². The van der Waals surface area contributed by atoms with E-state index in [1.807, 2.05) is 12.3 Å². The summed E-state index contributed by atoms with van der Waals surface area (Å²) in [5.74, 6) is -0.705. The quantitative estimate of drug-likeness (QED) is 0.404. The van der Waals surface area contributed by atoms with Gasteiger partial charge in [-0.1, -0.05) is 12.1 Å². The number of nitrogens with zero attached hydrogens (tertiary/aromatic N) is 3. The molecule has 0 bridgehead atoms.